The van der Waals surface area contributed by atoms with E-state index in [9.17, 15) is 4.79 Å². The van der Waals surface area contributed by atoms with Gasteiger partial charge in [0.1, 0.15) is 18.1 Å². The van der Waals surface area contributed by atoms with E-state index >= 15 is 0 Å². The summed E-state index contributed by atoms with van der Waals surface area (Å²) in [6.45, 7) is 0.515. The van der Waals surface area contributed by atoms with Gasteiger partial charge in [-0.2, -0.15) is 5.10 Å². The maximum Gasteiger partial charge on any atom is 0.273 e. The Morgan fingerprint density at radius 2 is 1.83 bits per heavy atom. The van der Waals surface area contributed by atoms with Crippen molar-refractivity contribution < 1.29 is 9.53 Å². The van der Waals surface area contributed by atoms with Crippen LogP contribution in [-0.2, 0) is 13.7 Å². The summed E-state index contributed by atoms with van der Waals surface area (Å²) < 4.78 is 7.25. The van der Waals surface area contributed by atoms with E-state index in [0.717, 1.165) is 11.3 Å². The first-order valence-electron chi connectivity index (χ1n) is 7.28. The molecule has 0 spiro atoms. The number of hydrogen-bond acceptors (Lipinski definition) is 3. The first kappa shape index (κ1) is 14.8. The van der Waals surface area contributed by atoms with Crippen LogP contribution in [0.15, 0.2) is 66.9 Å². The minimum Gasteiger partial charge on any atom is -0.489 e. The maximum atomic E-state index is 12.1. The van der Waals surface area contributed by atoms with E-state index < -0.39 is 0 Å². The highest BCUT2D eigenvalue weighted by atomic mass is 16.5. The quantitative estimate of drug-likeness (QED) is 0.787. The molecule has 0 saturated carbocycles. The Bertz CT molecular complexity index is 780. The normalized spacial score (nSPS) is 10.3. The molecule has 23 heavy (non-hydrogen) atoms. The Morgan fingerprint density at radius 1 is 1.09 bits per heavy atom. The van der Waals surface area contributed by atoms with Crippen molar-refractivity contribution in [3.63, 3.8) is 0 Å². The number of ether oxygens (including phenoxy) is 1. The van der Waals surface area contributed by atoms with Crippen LogP contribution in [0.1, 0.15) is 16.1 Å². The van der Waals surface area contributed by atoms with Crippen molar-refractivity contribution in [2.24, 2.45) is 7.05 Å². The van der Waals surface area contributed by atoms with Crippen LogP contribution >= 0.6 is 0 Å². The number of benzene rings is 2. The van der Waals surface area contributed by atoms with E-state index in [1.54, 1.807) is 19.3 Å². The molecule has 0 unspecified atom stereocenters. The van der Waals surface area contributed by atoms with Crippen molar-refractivity contribution in [2.45, 2.75) is 6.61 Å². The second-order valence-corrected chi connectivity index (χ2v) is 5.09. The fourth-order valence-corrected chi connectivity index (χ4v) is 2.17. The van der Waals surface area contributed by atoms with Gasteiger partial charge in [-0.25, -0.2) is 0 Å². The molecule has 0 bridgehead atoms. The number of nitrogens with one attached hydrogen (secondary N) is 1. The summed E-state index contributed by atoms with van der Waals surface area (Å²) in [7, 11) is 1.73. The zero-order valence-electron chi connectivity index (χ0n) is 12.8. The van der Waals surface area contributed by atoms with Crippen molar-refractivity contribution in [1.29, 1.82) is 0 Å². The van der Waals surface area contributed by atoms with Crippen LogP contribution in [0.4, 0.5) is 5.69 Å². The van der Waals surface area contributed by atoms with Crippen LogP contribution < -0.4 is 10.1 Å². The van der Waals surface area contributed by atoms with Gasteiger partial charge in [0.2, 0.25) is 0 Å². The minimum atomic E-state index is -0.192. The van der Waals surface area contributed by atoms with Gasteiger partial charge in [-0.05, 0) is 35.9 Å². The predicted octanol–water partition coefficient (Wildman–Crippen LogP) is 3.25. The lowest BCUT2D eigenvalue weighted by atomic mass is 10.2. The monoisotopic (exact) mass is 307 g/mol. The topological polar surface area (TPSA) is 56.2 Å². The Hall–Kier alpha value is -3.08. The highest BCUT2D eigenvalue weighted by Gasteiger charge is 2.09. The summed E-state index contributed by atoms with van der Waals surface area (Å²) in [5.41, 5.74) is 2.33. The van der Waals surface area contributed by atoms with E-state index in [1.165, 1.54) is 4.68 Å². The smallest absolute Gasteiger partial charge is 0.273 e. The third-order valence-electron chi connectivity index (χ3n) is 3.41. The number of aryl methyl sites for hydroxylation is 1. The number of aromatic nitrogens is 2. The van der Waals surface area contributed by atoms with E-state index in [2.05, 4.69) is 10.4 Å². The molecule has 0 atom stereocenters. The summed E-state index contributed by atoms with van der Waals surface area (Å²) >= 11 is 0. The maximum absolute atomic E-state index is 12.1. The summed E-state index contributed by atoms with van der Waals surface area (Å²) in [4.78, 5) is 12.1. The molecule has 0 aliphatic carbocycles. The van der Waals surface area contributed by atoms with Gasteiger partial charge in [0.25, 0.3) is 5.91 Å². The minimum absolute atomic E-state index is 0.192. The Kier molecular flexibility index (Phi) is 4.38. The highest BCUT2D eigenvalue weighted by molar-refractivity contribution is 6.03. The lowest BCUT2D eigenvalue weighted by molar-refractivity contribution is 0.101. The Balaban J connectivity index is 1.59. The van der Waals surface area contributed by atoms with E-state index in [1.807, 2.05) is 54.6 Å². The molecule has 0 aliphatic rings. The number of rotatable bonds is 5. The first-order chi connectivity index (χ1) is 11.2. The molecule has 5 heteroatoms. The van der Waals surface area contributed by atoms with Crippen molar-refractivity contribution in [1.82, 2.24) is 9.78 Å². The van der Waals surface area contributed by atoms with Gasteiger partial charge >= 0.3 is 0 Å². The number of amides is 1. The molecule has 0 aliphatic heterocycles. The fourth-order valence-electron chi connectivity index (χ4n) is 2.17. The number of hydrogen-bond donors (Lipinski definition) is 1. The Morgan fingerprint density at radius 3 is 2.48 bits per heavy atom. The molecule has 116 valence electrons. The third kappa shape index (κ3) is 3.77. The first-order valence-corrected chi connectivity index (χ1v) is 7.28. The zero-order chi connectivity index (χ0) is 16.1. The van der Waals surface area contributed by atoms with Crippen LogP contribution in [0, 0.1) is 0 Å². The molecule has 1 aromatic heterocycles. The summed E-state index contributed by atoms with van der Waals surface area (Å²) in [5.74, 6) is 0.565. The van der Waals surface area contributed by atoms with Crippen molar-refractivity contribution >= 4 is 11.6 Å². The Labute approximate surface area is 134 Å². The average Bonchev–Trinajstić information content (AvgIpc) is 3.01. The molecule has 0 radical (unpaired) electrons. The molecule has 5 nitrogen and oxygen atoms in total. The van der Waals surface area contributed by atoms with Crippen LogP contribution in [0.2, 0.25) is 0 Å². The molecule has 0 fully saturated rings. The molecule has 1 N–H and O–H groups in total. The average molecular weight is 307 g/mol. The zero-order valence-corrected chi connectivity index (χ0v) is 12.8. The molecule has 1 heterocycles. The van der Waals surface area contributed by atoms with Crippen molar-refractivity contribution in [3.05, 3.63) is 78.1 Å². The van der Waals surface area contributed by atoms with Gasteiger partial charge in [0.05, 0.1) is 0 Å². The summed E-state index contributed by atoms with van der Waals surface area (Å²) in [5, 5.41) is 6.81. The van der Waals surface area contributed by atoms with Gasteiger partial charge in [0.15, 0.2) is 0 Å². The van der Waals surface area contributed by atoms with E-state index in [4.69, 9.17) is 4.74 Å². The van der Waals surface area contributed by atoms with Gasteiger partial charge in [-0.1, -0.05) is 30.3 Å². The number of nitrogens with zero attached hydrogens (tertiary/aromatic N) is 2. The van der Waals surface area contributed by atoms with Gasteiger partial charge in [0, 0.05) is 18.9 Å². The van der Waals surface area contributed by atoms with Crippen LogP contribution in [0.3, 0.4) is 0 Å². The molecular formula is C18H17N3O2. The molecule has 0 saturated heterocycles. The SMILES string of the molecule is Cn1nccc1C(=O)Nc1ccc(OCc2ccccc2)cc1. The van der Waals surface area contributed by atoms with Gasteiger partial charge in [-0.15, -0.1) is 0 Å². The standard InChI is InChI=1S/C18H17N3O2/c1-21-17(11-12-19-21)18(22)20-15-7-9-16(10-8-15)23-13-14-5-3-2-4-6-14/h2-12H,13H2,1H3,(H,20,22). The van der Waals surface area contributed by atoms with Crippen molar-refractivity contribution in [2.75, 3.05) is 5.32 Å². The van der Waals surface area contributed by atoms with Crippen molar-refractivity contribution in [3.8, 4) is 5.75 Å². The summed E-state index contributed by atoms with van der Waals surface area (Å²) in [6.07, 6.45) is 1.59. The molecule has 2 aromatic carbocycles. The van der Waals surface area contributed by atoms with E-state index in [0.29, 0.717) is 18.0 Å². The summed E-state index contributed by atoms with van der Waals surface area (Å²) in [6, 6.07) is 18.9. The largest absolute Gasteiger partial charge is 0.489 e. The molecule has 3 rings (SSSR count). The van der Waals surface area contributed by atoms with Gasteiger partial charge < -0.3 is 10.1 Å². The number of anilines is 1. The molecular weight excluding hydrogens is 290 g/mol. The molecule has 1 amide bonds. The van der Waals surface area contributed by atoms with Crippen LogP contribution in [-0.4, -0.2) is 15.7 Å². The number of carbonyl (C=O) groups excluding carboxylic acids is 1. The highest BCUT2D eigenvalue weighted by Crippen LogP contribution is 2.17. The predicted molar refractivity (Wildman–Crippen MR) is 88.4 cm³/mol. The third-order valence-corrected chi connectivity index (χ3v) is 3.41. The van der Waals surface area contributed by atoms with Gasteiger partial charge in [-0.3, -0.25) is 9.48 Å². The van der Waals surface area contributed by atoms with Crippen LogP contribution in [0.5, 0.6) is 5.75 Å². The lowest BCUT2D eigenvalue weighted by Crippen LogP contribution is -2.15. The second kappa shape index (κ2) is 6.79. The molecule has 3 aromatic rings. The van der Waals surface area contributed by atoms with Crippen LogP contribution in [0.25, 0.3) is 0 Å². The number of carbonyl (C=O) groups is 1. The second-order valence-electron chi connectivity index (χ2n) is 5.09. The fraction of sp³-hybridized carbons (Fsp3) is 0.111. The lowest BCUT2D eigenvalue weighted by Gasteiger charge is -2.08. The van der Waals surface area contributed by atoms with E-state index in [-0.39, 0.29) is 5.91 Å².